The van der Waals surface area contributed by atoms with E-state index in [1.165, 1.54) is 12.3 Å². The van der Waals surface area contributed by atoms with Gasteiger partial charge in [-0.2, -0.15) is 13.2 Å². The van der Waals surface area contributed by atoms with Crippen molar-refractivity contribution in [2.45, 2.75) is 6.18 Å². The van der Waals surface area contributed by atoms with Crippen molar-refractivity contribution >= 4 is 0 Å². The molecule has 2 aromatic rings. The first-order valence-corrected chi connectivity index (χ1v) is 3.93. The Labute approximate surface area is 101 Å². The molecule has 1 radical (unpaired) electrons. The van der Waals surface area contributed by atoms with Crippen molar-refractivity contribution in [3.63, 3.8) is 0 Å². The van der Waals surface area contributed by atoms with Crippen LogP contribution in [0.2, 0.25) is 0 Å². The average Bonchev–Trinajstić information content (AvgIpc) is 2.67. The van der Waals surface area contributed by atoms with Crippen LogP contribution in [0.4, 0.5) is 13.2 Å². The maximum atomic E-state index is 12.1. The molecule has 0 saturated carbocycles. The summed E-state index contributed by atoms with van der Waals surface area (Å²) in [5, 5.41) is 6.25. The molecule has 0 aliphatic heterocycles. The molecular formula is C8H4F3N4Os. The van der Waals surface area contributed by atoms with Gasteiger partial charge in [-0.1, -0.05) is 12.1 Å². The van der Waals surface area contributed by atoms with Crippen LogP contribution in [0.1, 0.15) is 5.82 Å². The van der Waals surface area contributed by atoms with Gasteiger partial charge >= 0.3 is 26.0 Å². The maximum Gasteiger partial charge on any atom is 1.00 e. The zero-order valence-electron chi connectivity index (χ0n) is 7.59. The molecule has 8 heteroatoms. The van der Waals surface area contributed by atoms with E-state index in [0.29, 0.717) is 0 Å². The van der Waals surface area contributed by atoms with E-state index in [1.807, 2.05) is 0 Å². The number of pyridine rings is 1. The van der Waals surface area contributed by atoms with Crippen LogP contribution in [0.15, 0.2) is 24.4 Å². The topological polar surface area (TPSA) is 51.6 Å². The van der Waals surface area contributed by atoms with Gasteiger partial charge in [0.05, 0.1) is 5.82 Å². The second kappa shape index (κ2) is 4.70. The predicted octanol–water partition coefficient (Wildman–Crippen LogP) is 1.67. The molecule has 0 atom stereocenters. The number of alkyl halides is 3. The van der Waals surface area contributed by atoms with Gasteiger partial charge in [-0.3, -0.25) is 4.98 Å². The second-order valence-electron chi connectivity index (χ2n) is 2.67. The first kappa shape index (κ1) is 12.8. The van der Waals surface area contributed by atoms with E-state index in [9.17, 15) is 13.2 Å². The van der Waals surface area contributed by atoms with Gasteiger partial charge in [-0.05, 0) is 6.07 Å². The SMILES string of the molecule is FC(F)(F)[c-]1nnc(-c2ccccn2)n1.[Os+]. The van der Waals surface area contributed by atoms with E-state index in [1.54, 1.807) is 12.1 Å². The quantitative estimate of drug-likeness (QED) is 0.680. The van der Waals surface area contributed by atoms with Crippen molar-refractivity contribution in [1.82, 2.24) is 20.2 Å². The molecule has 0 N–H and O–H groups in total. The molecule has 16 heavy (non-hydrogen) atoms. The van der Waals surface area contributed by atoms with Gasteiger partial charge in [-0.15, -0.1) is 0 Å². The summed E-state index contributed by atoms with van der Waals surface area (Å²) in [4.78, 5) is 7.05. The van der Waals surface area contributed by atoms with Gasteiger partial charge in [0.2, 0.25) is 0 Å². The van der Waals surface area contributed by atoms with Gasteiger partial charge in [0.15, 0.2) is 0 Å². The Morgan fingerprint density at radius 1 is 1.19 bits per heavy atom. The zero-order valence-corrected chi connectivity index (χ0v) is 10.1. The smallest absolute Gasteiger partial charge is 0.393 e. The monoisotopic (exact) mass is 405 g/mol. The molecule has 0 unspecified atom stereocenters. The molecular weight excluding hydrogens is 399 g/mol. The largest absolute Gasteiger partial charge is 1.00 e. The summed E-state index contributed by atoms with van der Waals surface area (Å²) in [5.41, 5.74) is 0.264. The van der Waals surface area contributed by atoms with Gasteiger partial charge in [0.1, 0.15) is 0 Å². The summed E-state index contributed by atoms with van der Waals surface area (Å²) >= 11 is 0. The van der Waals surface area contributed by atoms with E-state index in [0.717, 1.165) is 0 Å². The molecule has 0 amide bonds. The van der Waals surface area contributed by atoms with E-state index in [4.69, 9.17) is 0 Å². The molecule has 4 nitrogen and oxygen atoms in total. The number of rotatable bonds is 1. The first-order valence-electron chi connectivity index (χ1n) is 3.93. The van der Waals surface area contributed by atoms with Crippen molar-refractivity contribution in [2.24, 2.45) is 0 Å². The minimum absolute atomic E-state index is 0. The molecule has 2 rings (SSSR count). The van der Waals surface area contributed by atoms with E-state index < -0.39 is 12.0 Å². The van der Waals surface area contributed by atoms with Gasteiger partial charge in [-0.25, -0.2) is 10.2 Å². The Morgan fingerprint density at radius 3 is 2.44 bits per heavy atom. The second-order valence-corrected chi connectivity index (χ2v) is 2.67. The normalized spacial score (nSPS) is 10.9. The molecule has 0 bridgehead atoms. The van der Waals surface area contributed by atoms with Crippen molar-refractivity contribution in [3.05, 3.63) is 30.2 Å². The van der Waals surface area contributed by atoms with E-state index in [2.05, 4.69) is 20.2 Å². The molecule has 2 heterocycles. The molecule has 0 spiro atoms. The molecule has 0 aromatic carbocycles. The molecule has 0 aliphatic rings. The summed E-state index contributed by atoms with van der Waals surface area (Å²) in [5.74, 6) is -1.37. The third-order valence-corrected chi connectivity index (χ3v) is 1.60. The maximum absolute atomic E-state index is 12.1. The Balaban J connectivity index is 0.00000128. The molecule has 0 fully saturated rings. The van der Waals surface area contributed by atoms with Crippen LogP contribution in [0.25, 0.3) is 11.5 Å². The molecule has 0 aliphatic carbocycles. The van der Waals surface area contributed by atoms with Crippen molar-refractivity contribution in [2.75, 3.05) is 0 Å². The van der Waals surface area contributed by atoms with Crippen LogP contribution in [0.3, 0.4) is 0 Å². The number of aromatic nitrogens is 4. The molecule has 2 aromatic heterocycles. The number of halogens is 3. The summed E-state index contributed by atoms with van der Waals surface area (Å²) in [6, 6.07) is 4.79. The molecule has 0 saturated heterocycles. The molecule has 85 valence electrons. The number of nitrogens with zero attached hydrogens (tertiary/aromatic N) is 4. The summed E-state index contributed by atoms with van der Waals surface area (Å²) in [7, 11) is 0. The minimum Gasteiger partial charge on any atom is -0.393 e. The van der Waals surface area contributed by atoms with Gasteiger partial charge in [0.25, 0.3) is 0 Å². The zero-order chi connectivity index (χ0) is 10.9. The van der Waals surface area contributed by atoms with Crippen molar-refractivity contribution < 1.29 is 33.0 Å². The minimum atomic E-state index is -4.57. The fraction of sp³-hybridized carbons (Fsp3) is 0.125. The van der Waals surface area contributed by atoms with Crippen molar-refractivity contribution in [3.8, 4) is 11.5 Å². The van der Waals surface area contributed by atoms with Crippen LogP contribution in [-0.2, 0) is 26.0 Å². The third kappa shape index (κ3) is 2.64. The van der Waals surface area contributed by atoms with E-state index >= 15 is 0 Å². The van der Waals surface area contributed by atoms with Crippen molar-refractivity contribution in [1.29, 1.82) is 0 Å². The average molecular weight is 403 g/mol. The Bertz CT molecular complexity index is 454. The van der Waals surface area contributed by atoms with E-state index in [-0.39, 0.29) is 31.3 Å². The third-order valence-electron chi connectivity index (χ3n) is 1.60. The predicted molar refractivity (Wildman–Crippen MR) is 43.7 cm³/mol. The summed E-state index contributed by atoms with van der Waals surface area (Å²) < 4.78 is 36.4. The van der Waals surface area contributed by atoms with Crippen LogP contribution in [0.5, 0.6) is 0 Å². The Morgan fingerprint density at radius 2 is 1.94 bits per heavy atom. The Hall–Kier alpha value is -1.28. The van der Waals surface area contributed by atoms with Crippen LogP contribution in [0, 0.1) is 0 Å². The summed E-state index contributed by atoms with van der Waals surface area (Å²) in [6.45, 7) is 0. The first-order chi connectivity index (χ1) is 7.07. The van der Waals surface area contributed by atoms with Gasteiger partial charge < -0.3 is 4.98 Å². The summed E-state index contributed by atoms with van der Waals surface area (Å²) in [6.07, 6.45) is -3.13. The van der Waals surface area contributed by atoms with Crippen LogP contribution in [-0.4, -0.2) is 20.2 Å². The number of hydrogen-bond acceptors (Lipinski definition) is 4. The fourth-order valence-electron chi connectivity index (χ4n) is 0.963. The van der Waals surface area contributed by atoms with Crippen LogP contribution >= 0.6 is 0 Å². The van der Waals surface area contributed by atoms with Gasteiger partial charge in [0, 0.05) is 17.7 Å². The standard InChI is InChI=1S/C8H4F3N4.Os/c9-8(10,11)7-13-6(14-15-7)5-3-1-2-4-12-5;/h1-4H;/q-1;+1. The fourth-order valence-corrected chi connectivity index (χ4v) is 0.963. The van der Waals surface area contributed by atoms with Crippen LogP contribution < -0.4 is 0 Å². The number of hydrogen-bond donors (Lipinski definition) is 0. The Kier molecular flexibility index (Phi) is 3.76.